The summed E-state index contributed by atoms with van der Waals surface area (Å²) in [7, 11) is 0. The first-order valence-electron chi connectivity index (χ1n) is 4.84. The molecule has 0 unspecified atom stereocenters. The zero-order chi connectivity index (χ0) is 9.90. The van der Waals surface area contributed by atoms with Crippen molar-refractivity contribution in [3.8, 4) is 0 Å². The monoisotopic (exact) mass is 178 g/mol. The molecule has 0 fully saturated rings. The van der Waals surface area contributed by atoms with Crippen molar-refractivity contribution in [1.29, 1.82) is 0 Å². The molecule has 0 spiro atoms. The number of aromatic nitrogens is 1. The molecule has 2 N–H and O–H groups in total. The Balaban J connectivity index is 2.99. The quantitative estimate of drug-likeness (QED) is 0.771. The van der Waals surface area contributed by atoms with Crippen LogP contribution in [0.3, 0.4) is 0 Å². The Bertz CT molecular complexity index is 260. The van der Waals surface area contributed by atoms with Crippen LogP contribution < -0.4 is 5.73 Å². The fraction of sp³-hybridized carbons (Fsp3) is 0.545. The third kappa shape index (κ3) is 2.07. The summed E-state index contributed by atoms with van der Waals surface area (Å²) in [5.41, 5.74) is 8.14. The Labute approximate surface area is 80.2 Å². The number of hydrogen-bond acceptors (Lipinski definition) is 2. The van der Waals surface area contributed by atoms with Crippen molar-refractivity contribution in [3.63, 3.8) is 0 Å². The number of nitrogens with zero attached hydrogens (tertiary/aromatic N) is 1. The first-order chi connectivity index (χ1) is 6.12. The van der Waals surface area contributed by atoms with Gasteiger partial charge >= 0.3 is 0 Å². The number of hydrogen-bond donors (Lipinski definition) is 1. The summed E-state index contributed by atoms with van der Waals surface area (Å²) in [6.45, 7) is 6.24. The standard InChI is InChI=1S/C11H18N2/c1-4-11(12,5-2)10-7-6-9(3)8-13-10/h6-8H,4-5,12H2,1-3H3. The first-order valence-corrected chi connectivity index (χ1v) is 4.84. The van der Waals surface area contributed by atoms with Gasteiger partial charge < -0.3 is 5.73 Å². The van der Waals surface area contributed by atoms with E-state index in [0.29, 0.717) is 0 Å². The molecule has 0 aromatic carbocycles. The summed E-state index contributed by atoms with van der Waals surface area (Å²) in [5, 5.41) is 0. The van der Waals surface area contributed by atoms with Crippen molar-refractivity contribution in [2.45, 2.75) is 39.2 Å². The zero-order valence-corrected chi connectivity index (χ0v) is 8.67. The van der Waals surface area contributed by atoms with E-state index in [1.807, 2.05) is 19.2 Å². The maximum atomic E-state index is 6.21. The van der Waals surface area contributed by atoms with Crippen molar-refractivity contribution in [2.24, 2.45) is 5.73 Å². The molecule has 13 heavy (non-hydrogen) atoms. The van der Waals surface area contributed by atoms with Gasteiger partial charge in [0, 0.05) is 6.20 Å². The molecule has 2 heteroatoms. The molecule has 1 aromatic heterocycles. The lowest BCUT2D eigenvalue weighted by atomic mass is 9.90. The van der Waals surface area contributed by atoms with Crippen molar-refractivity contribution >= 4 is 0 Å². The van der Waals surface area contributed by atoms with Crippen molar-refractivity contribution < 1.29 is 0 Å². The molecular weight excluding hydrogens is 160 g/mol. The maximum absolute atomic E-state index is 6.21. The van der Waals surface area contributed by atoms with Crippen LogP contribution in [0.4, 0.5) is 0 Å². The predicted octanol–water partition coefficient (Wildman–Crippen LogP) is 2.36. The van der Waals surface area contributed by atoms with Gasteiger partial charge in [0.2, 0.25) is 0 Å². The normalized spacial score (nSPS) is 11.7. The van der Waals surface area contributed by atoms with Crippen LogP contribution in [0.1, 0.15) is 37.9 Å². The molecule has 1 heterocycles. The Hall–Kier alpha value is -0.890. The molecule has 0 saturated carbocycles. The lowest BCUT2D eigenvalue weighted by molar-refractivity contribution is 0.400. The summed E-state index contributed by atoms with van der Waals surface area (Å²) >= 11 is 0. The molecule has 0 bridgehead atoms. The van der Waals surface area contributed by atoms with Crippen LogP contribution >= 0.6 is 0 Å². The van der Waals surface area contributed by atoms with Crippen LogP contribution in [0.5, 0.6) is 0 Å². The molecule has 0 radical (unpaired) electrons. The Morgan fingerprint density at radius 1 is 1.31 bits per heavy atom. The molecule has 0 atom stereocenters. The number of aryl methyl sites for hydroxylation is 1. The van der Waals surface area contributed by atoms with Gasteiger partial charge in [-0.2, -0.15) is 0 Å². The smallest absolute Gasteiger partial charge is 0.0602 e. The highest BCUT2D eigenvalue weighted by Gasteiger charge is 2.23. The van der Waals surface area contributed by atoms with Crippen LogP contribution in [0.25, 0.3) is 0 Å². The van der Waals surface area contributed by atoms with Gasteiger partial charge in [-0.3, -0.25) is 4.98 Å². The highest BCUT2D eigenvalue weighted by atomic mass is 14.8. The molecule has 0 aliphatic carbocycles. The van der Waals surface area contributed by atoms with E-state index in [0.717, 1.165) is 18.5 Å². The van der Waals surface area contributed by atoms with E-state index >= 15 is 0 Å². The highest BCUT2D eigenvalue weighted by molar-refractivity contribution is 5.18. The summed E-state index contributed by atoms with van der Waals surface area (Å²) in [6.07, 6.45) is 3.74. The number of pyridine rings is 1. The van der Waals surface area contributed by atoms with E-state index in [1.54, 1.807) is 0 Å². The minimum Gasteiger partial charge on any atom is -0.320 e. The molecule has 0 aliphatic heterocycles. The van der Waals surface area contributed by atoms with Gasteiger partial charge in [-0.05, 0) is 31.4 Å². The number of nitrogens with two attached hydrogens (primary N) is 1. The van der Waals surface area contributed by atoms with Crippen molar-refractivity contribution in [1.82, 2.24) is 4.98 Å². The second-order valence-corrected chi connectivity index (χ2v) is 3.58. The fourth-order valence-electron chi connectivity index (χ4n) is 1.37. The zero-order valence-electron chi connectivity index (χ0n) is 8.67. The fourth-order valence-corrected chi connectivity index (χ4v) is 1.37. The van der Waals surface area contributed by atoms with Crippen LogP contribution in [0, 0.1) is 6.92 Å². The maximum Gasteiger partial charge on any atom is 0.0602 e. The van der Waals surface area contributed by atoms with E-state index < -0.39 is 0 Å². The van der Waals surface area contributed by atoms with Crippen molar-refractivity contribution in [3.05, 3.63) is 29.6 Å². The van der Waals surface area contributed by atoms with Crippen molar-refractivity contribution in [2.75, 3.05) is 0 Å². The molecule has 72 valence electrons. The largest absolute Gasteiger partial charge is 0.320 e. The van der Waals surface area contributed by atoms with E-state index in [4.69, 9.17) is 5.73 Å². The molecule has 2 nitrogen and oxygen atoms in total. The van der Waals surface area contributed by atoms with Gasteiger partial charge in [0.05, 0.1) is 11.2 Å². The first kappa shape index (κ1) is 10.2. The van der Waals surface area contributed by atoms with Gasteiger partial charge in [-0.15, -0.1) is 0 Å². The van der Waals surface area contributed by atoms with Gasteiger partial charge in [-0.1, -0.05) is 19.9 Å². The Morgan fingerprint density at radius 2 is 1.92 bits per heavy atom. The van der Waals surface area contributed by atoms with Crippen LogP contribution in [-0.2, 0) is 5.54 Å². The van der Waals surface area contributed by atoms with Gasteiger partial charge in [0.25, 0.3) is 0 Å². The van der Waals surface area contributed by atoms with Gasteiger partial charge in [-0.25, -0.2) is 0 Å². The second kappa shape index (κ2) is 3.88. The third-order valence-corrected chi connectivity index (χ3v) is 2.68. The Morgan fingerprint density at radius 3 is 2.31 bits per heavy atom. The minimum absolute atomic E-state index is 0.242. The van der Waals surface area contributed by atoms with Crippen LogP contribution in [0.15, 0.2) is 18.3 Å². The molecule has 0 aliphatic rings. The van der Waals surface area contributed by atoms with E-state index in [2.05, 4.69) is 24.9 Å². The van der Waals surface area contributed by atoms with E-state index in [9.17, 15) is 0 Å². The summed E-state index contributed by atoms with van der Waals surface area (Å²) in [6, 6.07) is 4.09. The SMILES string of the molecule is CCC(N)(CC)c1ccc(C)cn1. The number of rotatable bonds is 3. The summed E-state index contributed by atoms with van der Waals surface area (Å²) in [5.74, 6) is 0. The highest BCUT2D eigenvalue weighted by Crippen LogP contribution is 2.23. The lowest BCUT2D eigenvalue weighted by Crippen LogP contribution is -2.36. The van der Waals surface area contributed by atoms with Crippen LogP contribution in [0.2, 0.25) is 0 Å². The molecular formula is C11H18N2. The second-order valence-electron chi connectivity index (χ2n) is 3.58. The molecule has 1 rings (SSSR count). The average molecular weight is 178 g/mol. The summed E-state index contributed by atoms with van der Waals surface area (Å²) in [4.78, 5) is 4.37. The average Bonchev–Trinajstić information content (AvgIpc) is 2.18. The summed E-state index contributed by atoms with van der Waals surface area (Å²) < 4.78 is 0. The third-order valence-electron chi connectivity index (χ3n) is 2.68. The Kier molecular flexibility index (Phi) is 3.04. The minimum atomic E-state index is -0.242. The predicted molar refractivity (Wildman–Crippen MR) is 55.4 cm³/mol. The van der Waals surface area contributed by atoms with E-state index in [1.165, 1.54) is 5.56 Å². The molecule has 1 aromatic rings. The molecule has 0 amide bonds. The molecule has 0 saturated heterocycles. The van der Waals surface area contributed by atoms with Crippen LogP contribution in [-0.4, -0.2) is 4.98 Å². The van der Waals surface area contributed by atoms with Gasteiger partial charge in [0.1, 0.15) is 0 Å². The van der Waals surface area contributed by atoms with Gasteiger partial charge in [0.15, 0.2) is 0 Å². The van der Waals surface area contributed by atoms with E-state index in [-0.39, 0.29) is 5.54 Å². The topological polar surface area (TPSA) is 38.9 Å². The lowest BCUT2D eigenvalue weighted by Gasteiger charge is -2.25.